The van der Waals surface area contributed by atoms with Gasteiger partial charge in [0.25, 0.3) is 0 Å². The molecule has 2 aliphatic carbocycles. The molecule has 0 fully saturated rings. The lowest BCUT2D eigenvalue weighted by Crippen LogP contribution is -2.01. The van der Waals surface area contributed by atoms with Gasteiger partial charge in [-0.25, -0.2) is 22.0 Å². The van der Waals surface area contributed by atoms with Crippen LogP contribution in [0.5, 0.6) is 0 Å². The van der Waals surface area contributed by atoms with Crippen molar-refractivity contribution in [3.8, 4) is 48.6 Å². The van der Waals surface area contributed by atoms with Gasteiger partial charge in [-0.05, 0) is 23.8 Å². The van der Waals surface area contributed by atoms with Crippen LogP contribution in [-0.2, 0) is 0 Å². The third kappa shape index (κ3) is 4.27. The third-order valence-electron chi connectivity index (χ3n) is 7.37. The summed E-state index contributed by atoms with van der Waals surface area (Å²) in [5.41, 5.74) is -10.2. The van der Waals surface area contributed by atoms with Gasteiger partial charge in [-0.15, -0.1) is 0 Å². The molecule has 0 bridgehead atoms. The number of nitrogens with zero attached hydrogens (tertiary/aromatic N) is 8. The quantitative estimate of drug-likeness (QED) is 0.225. The van der Waals surface area contributed by atoms with Crippen molar-refractivity contribution in [2.24, 2.45) is 0 Å². The van der Waals surface area contributed by atoms with Crippen LogP contribution in [0.1, 0.15) is 44.5 Å². The number of fused-ring (bicyclic) bond motifs is 2. The Bertz CT molecular complexity index is 2520. The Kier molecular flexibility index (Phi) is 7.41. The molecule has 0 heterocycles. The van der Waals surface area contributed by atoms with Crippen molar-refractivity contribution in [3.05, 3.63) is 115 Å². The Labute approximate surface area is 261 Å². The number of rotatable bonds is 2. The fourth-order valence-corrected chi connectivity index (χ4v) is 5.51. The van der Waals surface area contributed by atoms with Gasteiger partial charge >= 0.3 is 0 Å². The molecular weight excluding hydrogens is 615 g/mol. The maximum absolute atomic E-state index is 17.0. The van der Waals surface area contributed by atoms with Gasteiger partial charge < -0.3 is 0 Å². The number of nitriles is 8. The molecule has 0 saturated carbocycles. The molecule has 0 amide bonds. The van der Waals surface area contributed by atoms with Crippen LogP contribution in [0.3, 0.4) is 0 Å². The Balaban J connectivity index is 2.02. The zero-order valence-corrected chi connectivity index (χ0v) is 22.9. The first-order valence-electron chi connectivity index (χ1n) is 12.6. The topological polar surface area (TPSA) is 190 Å². The molecule has 216 valence electrons. The second-order valence-corrected chi connectivity index (χ2v) is 9.55. The van der Waals surface area contributed by atoms with E-state index in [-0.39, 0.29) is 0 Å². The first kappa shape index (κ1) is 30.6. The normalized spacial score (nSPS) is 12.4. The highest BCUT2D eigenvalue weighted by molar-refractivity contribution is 6.30. The first-order valence-corrected chi connectivity index (χ1v) is 12.6. The second-order valence-electron chi connectivity index (χ2n) is 9.55. The summed E-state index contributed by atoms with van der Waals surface area (Å²) in [6.45, 7) is 0. The number of hydrogen-bond donors (Lipinski definition) is 0. The summed E-state index contributed by atoms with van der Waals surface area (Å²) in [6.07, 6.45) is 0. The summed E-state index contributed by atoms with van der Waals surface area (Å²) in [7, 11) is 0. The van der Waals surface area contributed by atoms with Gasteiger partial charge in [-0.3, -0.25) is 0 Å². The molecule has 0 aromatic heterocycles. The predicted octanol–water partition coefficient (Wildman–Crippen LogP) is 6.62. The Morgan fingerprint density at radius 3 is 1.30 bits per heavy atom. The van der Waals surface area contributed by atoms with E-state index in [9.17, 15) is 50.9 Å². The van der Waals surface area contributed by atoms with Crippen molar-refractivity contribution in [1.29, 1.82) is 42.1 Å². The molecule has 0 saturated heterocycles. The maximum atomic E-state index is 17.0. The van der Waals surface area contributed by atoms with Crippen molar-refractivity contribution in [3.63, 3.8) is 0 Å². The van der Waals surface area contributed by atoms with Gasteiger partial charge in [-0.2, -0.15) is 42.1 Å². The summed E-state index contributed by atoms with van der Waals surface area (Å²) in [5.74, 6) is -6.69. The van der Waals surface area contributed by atoms with Crippen LogP contribution in [-0.4, -0.2) is 0 Å². The van der Waals surface area contributed by atoms with Crippen LogP contribution < -0.4 is 0 Å². The molecule has 3 aromatic carbocycles. The standard InChI is InChI=1S/C34H5F5N8/c35-24-4-26(37)19(1-14(24)6-40)30-22(12-46)18-3-21-28(16(8-42)9-43)31(20-2-15(7-41)25(36)5-27(20)38)23(13-47)32(21)34(39)33(18)29(30)17(10-44)11-45/h1-5H. The number of halogens is 5. The molecule has 0 aliphatic heterocycles. The molecule has 0 N–H and O–H groups in total. The average molecular weight is 620 g/mol. The molecule has 3 aromatic rings. The summed E-state index contributed by atoms with van der Waals surface area (Å²) >= 11 is 0. The van der Waals surface area contributed by atoms with Crippen LogP contribution in [0.2, 0.25) is 0 Å². The summed E-state index contributed by atoms with van der Waals surface area (Å²) in [4.78, 5) is 0. The fourth-order valence-electron chi connectivity index (χ4n) is 5.51. The van der Waals surface area contributed by atoms with Crippen LogP contribution in [0.25, 0.3) is 33.4 Å². The minimum absolute atomic E-state index is 0.313. The summed E-state index contributed by atoms with van der Waals surface area (Å²) in [5, 5.41) is 78.4. The lowest BCUT2D eigenvalue weighted by molar-refractivity contribution is 0.578. The lowest BCUT2D eigenvalue weighted by atomic mass is 9.89. The average Bonchev–Trinajstić information content (AvgIpc) is 3.56. The van der Waals surface area contributed by atoms with Gasteiger partial charge in [0.1, 0.15) is 88.8 Å². The lowest BCUT2D eigenvalue weighted by Gasteiger charge is -2.13. The van der Waals surface area contributed by atoms with Gasteiger partial charge in [-0.1, -0.05) is 0 Å². The summed E-state index contributed by atoms with van der Waals surface area (Å²) < 4.78 is 76.0. The van der Waals surface area contributed by atoms with E-state index in [0.29, 0.717) is 24.3 Å². The largest absolute Gasteiger partial charge is 0.206 e. The molecule has 8 nitrogen and oxygen atoms in total. The van der Waals surface area contributed by atoms with Crippen LogP contribution in [0, 0.1) is 120 Å². The molecule has 0 atom stereocenters. The minimum atomic E-state index is -1.43. The van der Waals surface area contributed by atoms with Gasteiger partial charge in [0, 0.05) is 62.2 Å². The fraction of sp³-hybridized carbons (Fsp3) is 0. The Hall–Kier alpha value is -7.81. The van der Waals surface area contributed by atoms with Crippen molar-refractivity contribution in [2.45, 2.75) is 0 Å². The molecular formula is C34H5F5N8. The highest BCUT2D eigenvalue weighted by Gasteiger charge is 2.42. The van der Waals surface area contributed by atoms with Crippen LogP contribution >= 0.6 is 0 Å². The van der Waals surface area contributed by atoms with Crippen LogP contribution in [0.15, 0.2) is 41.5 Å². The van der Waals surface area contributed by atoms with E-state index < -0.39 is 118 Å². The van der Waals surface area contributed by atoms with Crippen molar-refractivity contribution in [2.75, 3.05) is 0 Å². The minimum Gasteiger partial charge on any atom is -0.206 e. The van der Waals surface area contributed by atoms with E-state index in [1.54, 1.807) is 24.3 Å². The molecule has 0 unspecified atom stereocenters. The second kappa shape index (κ2) is 11.4. The zero-order valence-electron chi connectivity index (χ0n) is 22.9. The predicted molar refractivity (Wildman–Crippen MR) is 150 cm³/mol. The smallest absolute Gasteiger partial charge is 0.143 e. The number of allylic oxidation sites excluding steroid dienone is 8. The van der Waals surface area contributed by atoms with E-state index in [4.69, 9.17) is 0 Å². The van der Waals surface area contributed by atoms with Crippen molar-refractivity contribution < 1.29 is 22.0 Å². The van der Waals surface area contributed by atoms with E-state index in [1.165, 1.54) is 24.3 Å². The van der Waals surface area contributed by atoms with Crippen molar-refractivity contribution in [1.82, 2.24) is 0 Å². The maximum Gasteiger partial charge on any atom is 0.143 e. The number of benzene rings is 3. The Morgan fingerprint density at radius 1 is 0.426 bits per heavy atom. The van der Waals surface area contributed by atoms with Crippen LogP contribution in [0.4, 0.5) is 22.0 Å². The highest BCUT2D eigenvalue weighted by atomic mass is 19.1. The Morgan fingerprint density at radius 2 is 0.872 bits per heavy atom. The van der Waals surface area contributed by atoms with E-state index >= 15 is 13.2 Å². The first-order chi connectivity index (χ1) is 22.6. The molecule has 0 radical (unpaired) electrons. The molecule has 5 rings (SSSR count). The van der Waals surface area contributed by atoms with E-state index in [0.717, 1.165) is 6.07 Å². The molecule has 47 heavy (non-hydrogen) atoms. The third-order valence-corrected chi connectivity index (χ3v) is 7.37. The highest BCUT2D eigenvalue weighted by Crippen LogP contribution is 2.56. The van der Waals surface area contributed by atoms with Gasteiger partial charge in [0.15, 0.2) is 0 Å². The molecule has 0 spiro atoms. The molecule has 2 aliphatic rings. The van der Waals surface area contributed by atoms with Gasteiger partial charge in [0.2, 0.25) is 0 Å². The SMILES string of the molecule is N#CC(C#N)=C1C(c2cc(C#N)c(F)cc2F)=C(C#N)c2c1cc1c(c2F)C(=C(C#N)C#N)C(c2cc(C#N)c(F)cc2F)=C1C#N. The summed E-state index contributed by atoms with van der Waals surface area (Å²) in [6, 6.07) is 15.5. The zero-order chi connectivity index (χ0) is 34.3. The van der Waals surface area contributed by atoms with Gasteiger partial charge in [0.05, 0.1) is 22.3 Å². The number of hydrogen-bond acceptors (Lipinski definition) is 8. The van der Waals surface area contributed by atoms with Crippen molar-refractivity contribution >= 4 is 33.4 Å². The van der Waals surface area contributed by atoms with E-state index in [2.05, 4.69) is 0 Å². The van der Waals surface area contributed by atoms with E-state index in [1.807, 2.05) is 0 Å². The monoisotopic (exact) mass is 620 g/mol. The molecule has 13 heteroatoms.